The van der Waals surface area contributed by atoms with Crippen molar-refractivity contribution in [3.63, 3.8) is 0 Å². The van der Waals surface area contributed by atoms with Crippen LogP contribution in [0.15, 0.2) is 36.4 Å². The molecule has 1 aromatic carbocycles. The molecule has 0 saturated carbocycles. The van der Waals surface area contributed by atoms with E-state index < -0.39 is 12.0 Å². The lowest BCUT2D eigenvalue weighted by Crippen LogP contribution is -2.33. The zero-order chi connectivity index (χ0) is 22.3. The second kappa shape index (κ2) is 11.1. The average molecular weight is 437 g/mol. The molecule has 2 heterocycles. The van der Waals surface area contributed by atoms with Crippen LogP contribution < -0.4 is 0 Å². The third-order valence-electron chi connectivity index (χ3n) is 6.90. The Morgan fingerprint density at radius 3 is 2.75 bits per heavy atom. The molecule has 1 aliphatic carbocycles. The van der Waals surface area contributed by atoms with Gasteiger partial charge in [0.2, 0.25) is 0 Å². The van der Waals surface area contributed by atoms with Gasteiger partial charge in [-0.05, 0) is 80.5 Å². The molecular weight excluding hydrogens is 400 g/mol. The van der Waals surface area contributed by atoms with Gasteiger partial charge in [0.1, 0.15) is 6.04 Å². The largest absolute Gasteiger partial charge is 0.480 e. The lowest BCUT2D eigenvalue weighted by Gasteiger charge is -2.24. The van der Waals surface area contributed by atoms with Crippen LogP contribution in [0.2, 0.25) is 0 Å². The predicted octanol–water partition coefficient (Wildman–Crippen LogP) is 4.76. The van der Waals surface area contributed by atoms with E-state index in [1.165, 1.54) is 41.8 Å². The molecule has 5 nitrogen and oxygen atoms in total. The number of fused-ring (bicyclic) bond motifs is 1. The predicted molar refractivity (Wildman–Crippen MR) is 126 cm³/mol. The van der Waals surface area contributed by atoms with Gasteiger partial charge in [-0.2, -0.15) is 0 Å². The van der Waals surface area contributed by atoms with E-state index in [-0.39, 0.29) is 6.10 Å². The molecular formula is C27H36N2O3. The van der Waals surface area contributed by atoms with E-state index in [0.29, 0.717) is 6.54 Å². The van der Waals surface area contributed by atoms with Crippen LogP contribution in [0.5, 0.6) is 0 Å². The molecule has 0 radical (unpaired) electrons. The molecule has 4 rings (SSSR count). The summed E-state index contributed by atoms with van der Waals surface area (Å²) in [6.07, 6.45) is 9.93. The molecule has 1 saturated heterocycles. The van der Waals surface area contributed by atoms with Crippen LogP contribution in [-0.4, -0.2) is 46.8 Å². The summed E-state index contributed by atoms with van der Waals surface area (Å²) in [5.41, 5.74) is 6.04. The van der Waals surface area contributed by atoms with E-state index in [1.54, 1.807) is 0 Å². The molecule has 2 atom stereocenters. The van der Waals surface area contributed by atoms with Gasteiger partial charge in [0.25, 0.3) is 0 Å². The molecule has 0 unspecified atom stereocenters. The van der Waals surface area contributed by atoms with Gasteiger partial charge in [0.15, 0.2) is 0 Å². The molecule has 0 bridgehead atoms. The Balaban J connectivity index is 1.20. The topological polar surface area (TPSA) is 62.7 Å². The van der Waals surface area contributed by atoms with E-state index in [9.17, 15) is 9.90 Å². The van der Waals surface area contributed by atoms with Crippen molar-refractivity contribution < 1.29 is 14.6 Å². The second-order valence-corrected chi connectivity index (χ2v) is 9.18. The summed E-state index contributed by atoms with van der Waals surface area (Å²) in [5.74, 6) is -0.785. The number of hydrogen-bond donors (Lipinski definition) is 1. The number of rotatable bonds is 10. The van der Waals surface area contributed by atoms with Crippen molar-refractivity contribution in [1.82, 2.24) is 9.88 Å². The first-order valence-electron chi connectivity index (χ1n) is 12.3. The fourth-order valence-corrected chi connectivity index (χ4v) is 4.99. The van der Waals surface area contributed by atoms with Gasteiger partial charge in [-0.1, -0.05) is 37.3 Å². The zero-order valence-electron chi connectivity index (χ0n) is 19.3. The number of ether oxygens (including phenoxy) is 1. The number of hydrogen-bond acceptors (Lipinski definition) is 4. The molecule has 1 aliphatic heterocycles. The smallest absolute Gasteiger partial charge is 0.325 e. The monoisotopic (exact) mass is 436 g/mol. The number of carbonyl (C=O) groups is 1. The van der Waals surface area contributed by atoms with E-state index in [1.807, 2.05) is 29.2 Å². The van der Waals surface area contributed by atoms with Crippen LogP contribution in [0.3, 0.4) is 0 Å². The minimum absolute atomic E-state index is 0.119. The Hall–Kier alpha value is -2.24. The van der Waals surface area contributed by atoms with Crippen LogP contribution in [0.4, 0.5) is 0 Å². The molecule has 0 spiro atoms. The number of unbranched alkanes of at least 4 members (excludes halogenated alkanes) is 1. The summed E-state index contributed by atoms with van der Waals surface area (Å²) < 4.78 is 6.11. The molecule has 2 aliphatic rings. The van der Waals surface area contributed by atoms with Crippen LogP contribution in [0, 0.1) is 0 Å². The van der Waals surface area contributed by atoms with Crippen LogP contribution in [0.25, 0.3) is 0 Å². The summed E-state index contributed by atoms with van der Waals surface area (Å²) in [6, 6.07) is 11.9. The van der Waals surface area contributed by atoms with Gasteiger partial charge in [0.05, 0.1) is 6.10 Å². The number of pyridine rings is 1. The van der Waals surface area contributed by atoms with Crippen LogP contribution in [0.1, 0.15) is 73.1 Å². The standard InChI is InChI=1S/C27H36N2O3/c1-2-20-10-12-22(13-11-20)26(27(30)31)29-17-16-24(19-29)32-18-6-5-8-23-15-14-21-7-3-4-9-25(21)28-23/h10-15,24,26H,2-9,16-19H2,1H3,(H,30,31)/t24-,26+/m1/s1. The highest BCUT2D eigenvalue weighted by molar-refractivity contribution is 5.75. The van der Waals surface area contributed by atoms with Crippen molar-refractivity contribution in [2.45, 2.75) is 76.9 Å². The highest BCUT2D eigenvalue weighted by Crippen LogP contribution is 2.27. The summed E-state index contributed by atoms with van der Waals surface area (Å²) in [6.45, 7) is 4.27. The second-order valence-electron chi connectivity index (χ2n) is 9.18. The third-order valence-corrected chi connectivity index (χ3v) is 6.90. The summed E-state index contributed by atoms with van der Waals surface area (Å²) in [7, 11) is 0. The summed E-state index contributed by atoms with van der Waals surface area (Å²) >= 11 is 0. The molecule has 1 aromatic heterocycles. The van der Waals surface area contributed by atoms with Gasteiger partial charge in [-0.25, -0.2) is 0 Å². The Labute approximate surface area is 191 Å². The number of carboxylic acids is 1. The Kier molecular flexibility index (Phi) is 7.93. The Bertz CT molecular complexity index is 896. The maximum Gasteiger partial charge on any atom is 0.325 e. The first-order chi connectivity index (χ1) is 15.6. The fraction of sp³-hybridized carbons (Fsp3) is 0.556. The minimum atomic E-state index is -0.785. The SMILES string of the molecule is CCc1ccc([C@@H](C(=O)O)N2CC[C@@H](OCCCCc3ccc4c(n3)CCCC4)C2)cc1. The molecule has 5 heteroatoms. The molecule has 32 heavy (non-hydrogen) atoms. The highest BCUT2D eigenvalue weighted by Gasteiger charge is 2.33. The number of benzene rings is 1. The van der Waals surface area contributed by atoms with Crippen molar-refractivity contribution in [2.24, 2.45) is 0 Å². The summed E-state index contributed by atoms with van der Waals surface area (Å²) in [5, 5.41) is 9.84. The van der Waals surface area contributed by atoms with Crippen molar-refractivity contribution in [3.05, 3.63) is 64.5 Å². The van der Waals surface area contributed by atoms with Crippen molar-refractivity contribution in [2.75, 3.05) is 19.7 Å². The molecule has 2 aromatic rings. The number of aryl methyl sites for hydroxylation is 4. The fourth-order valence-electron chi connectivity index (χ4n) is 4.99. The van der Waals surface area contributed by atoms with E-state index in [4.69, 9.17) is 9.72 Å². The number of carboxylic acid groups (broad SMARTS) is 1. The average Bonchev–Trinajstić information content (AvgIpc) is 3.27. The summed E-state index contributed by atoms with van der Waals surface area (Å²) in [4.78, 5) is 18.9. The molecule has 172 valence electrons. The minimum Gasteiger partial charge on any atom is -0.480 e. The van der Waals surface area contributed by atoms with Crippen molar-refractivity contribution >= 4 is 5.97 Å². The number of nitrogens with zero attached hydrogens (tertiary/aromatic N) is 2. The lowest BCUT2D eigenvalue weighted by molar-refractivity contribution is -0.143. The highest BCUT2D eigenvalue weighted by atomic mass is 16.5. The van der Waals surface area contributed by atoms with Crippen molar-refractivity contribution in [1.29, 1.82) is 0 Å². The van der Waals surface area contributed by atoms with E-state index >= 15 is 0 Å². The van der Waals surface area contributed by atoms with Crippen LogP contribution in [-0.2, 0) is 35.2 Å². The first-order valence-corrected chi connectivity index (χ1v) is 12.3. The van der Waals surface area contributed by atoms with Crippen LogP contribution >= 0.6 is 0 Å². The van der Waals surface area contributed by atoms with Gasteiger partial charge in [-0.3, -0.25) is 14.7 Å². The Morgan fingerprint density at radius 2 is 1.97 bits per heavy atom. The zero-order valence-corrected chi connectivity index (χ0v) is 19.3. The van der Waals surface area contributed by atoms with Gasteiger partial charge >= 0.3 is 5.97 Å². The Morgan fingerprint density at radius 1 is 1.16 bits per heavy atom. The third kappa shape index (κ3) is 5.76. The number of likely N-dealkylation sites (tertiary alicyclic amines) is 1. The first kappa shape index (κ1) is 22.9. The maximum atomic E-state index is 12.0. The molecule has 1 N–H and O–H groups in total. The van der Waals surface area contributed by atoms with Gasteiger partial charge in [0, 0.05) is 31.1 Å². The quantitative estimate of drug-likeness (QED) is 0.544. The number of aromatic nitrogens is 1. The normalized spacial score (nSPS) is 19.6. The van der Waals surface area contributed by atoms with E-state index in [0.717, 1.165) is 57.2 Å². The number of aliphatic carboxylic acids is 1. The molecule has 0 amide bonds. The van der Waals surface area contributed by atoms with Crippen molar-refractivity contribution in [3.8, 4) is 0 Å². The van der Waals surface area contributed by atoms with E-state index in [2.05, 4.69) is 19.1 Å². The molecule has 1 fully saturated rings. The van der Waals surface area contributed by atoms with Gasteiger partial charge in [-0.15, -0.1) is 0 Å². The maximum absolute atomic E-state index is 12.0. The van der Waals surface area contributed by atoms with Gasteiger partial charge < -0.3 is 9.84 Å². The lowest BCUT2D eigenvalue weighted by atomic mass is 9.95.